The summed E-state index contributed by atoms with van der Waals surface area (Å²) in [4.78, 5) is 12.1. The molecule has 0 aromatic heterocycles. The lowest BCUT2D eigenvalue weighted by Crippen LogP contribution is -2.31. The maximum atomic E-state index is 12.1. The lowest BCUT2D eigenvalue weighted by atomic mass is 10.1. The van der Waals surface area contributed by atoms with Crippen molar-refractivity contribution >= 4 is 18.1 Å². The largest absolute Gasteiger partial charge is 0.504 e. The fourth-order valence-corrected chi connectivity index (χ4v) is 3.91. The van der Waals surface area contributed by atoms with Crippen LogP contribution in [0.1, 0.15) is 11.1 Å². The van der Waals surface area contributed by atoms with Gasteiger partial charge >= 0.3 is 0 Å². The molecule has 0 spiro atoms. The van der Waals surface area contributed by atoms with Crippen LogP contribution in [0.4, 0.5) is 0 Å². The highest BCUT2D eigenvalue weighted by Gasteiger charge is 2.07. The highest BCUT2D eigenvalue weighted by Crippen LogP contribution is 2.27. The van der Waals surface area contributed by atoms with Gasteiger partial charge < -0.3 is 63.5 Å². The van der Waals surface area contributed by atoms with E-state index in [0.717, 1.165) is 11.1 Å². The summed E-state index contributed by atoms with van der Waals surface area (Å²) in [6.45, 7) is 9.25. The topological polar surface area (TPSA) is 168 Å². The van der Waals surface area contributed by atoms with E-state index < -0.39 is 0 Å². The van der Waals surface area contributed by atoms with Crippen LogP contribution in [0.25, 0.3) is 12.2 Å². The van der Waals surface area contributed by atoms with E-state index in [9.17, 15) is 9.90 Å². The molecule has 50 heavy (non-hydrogen) atoms. The molecule has 0 bridgehead atoms. The van der Waals surface area contributed by atoms with Crippen molar-refractivity contribution in [2.24, 2.45) is 5.73 Å². The number of hydrogen-bond donors (Lipinski definition) is 3. The normalized spacial score (nSPS) is 11.4. The number of carbonyl (C=O) groups is 1. The predicted octanol–water partition coefficient (Wildman–Crippen LogP) is 2.17. The number of hydrogen-bond acceptors (Lipinski definition) is 13. The number of aromatic hydroxyl groups is 1. The second-order valence-corrected chi connectivity index (χ2v) is 10.4. The molecule has 0 unspecified atom stereocenters. The molecular formula is C36H56N2O12. The first kappa shape index (κ1) is 43.0. The van der Waals surface area contributed by atoms with Gasteiger partial charge in [0, 0.05) is 13.1 Å². The Labute approximate surface area is 296 Å². The van der Waals surface area contributed by atoms with Crippen LogP contribution in [0.15, 0.2) is 48.5 Å². The molecule has 0 radical (unpaired) electrons. The summed E-state index contributed by atoms with van der Waals surface area (Å²) in [5.74, 6) is -0.109. The molecule has 2 aromatic rings. The molecule has 2 rings (SSSR count). The summed E-state index contributed by atoms with van der Waals surface area (Å²) in [5, 5.41) is 12.8. The molecule has 0 heterocycles. The fraction of sp³-hybridized carbons (Fsp3) is 0.583. The van der Waals surface area contributed by atoms with Gasteiger partial charge in [0.1, 0.15) is 0 Å². The van der Waals surface area contributed by atoms with Crippen molar-refractivity contribution in [3.05, 3.63) is 59.7 Å². The number of amides is 1. The molecule has 2 aromatic carbocycles. The Morgan fingerprint density at radius 2 is 0.980 bits per heavy atom. The lowest BCUT2D eigenvalue weighted by molar-refractivity contribution is -0.123. The van der Waals surface area contributed by atoms with Crippen molar-refractivity contribution in [1.29, 1.82) is 0 Å². The van der Waals surface area contributed by atoms with Crippen LogP contribution in [0.5, 0.6) is 11.5 Å². The van der Waals surface area contributed by atoms with Crippen LogP contribution in [0.3, 0.4) is 0 Å². The molecule has 0 aliphatic rings. The lowest BCUT2D eigenvalue weighted by Gasteiger charge is -2.10. The second kappa shape index (κ2) is 31.8. The number of phenols is 1. The van der Waals surface area contributed by atoms with Crippen LogP contribution in [-0.2, 0) is 47.4 Å². The quantitative estimate of drug-likeness (QED) is 0.0716. The Bertz CT molecular complexity index is 1110. The zero-order valence-electron chi connectivity index (χ0n) is 29.1. The number of ether oxygens (including phenoxy) is 10. The van der Waals surface area contributed by atoms with E-state index in [0.29, 0.717) is 132 Å². The molecule has 0 atom stereocenters. The molecule has 0 aliphatic heterocycles. The van der Waals surface area contributed by atoms with Gasteiger partial charge in [0.25, 0.3) is 5.91 Å². The first-order valence-corrected chi connectivity index (χ1v) is 17.0. The Hall–Kier alpha value is -3.15. The SMILES string of the molecule is NCCOCCOCCOCCOCCOCCOCCOCCOCCOCCNC(=O)COc1cc(/C=C/c2ccccc2)ccc1O. The van der Waals surface area contributed by atoms with Crippen LogP contribution in [0.2, 0.25) is 0 Å². The highest BCUT2D eigenvalue weighted by atomic mass is 16.6. The van der Waals surface area contributed by atoms with Gasteiger partial charge in [-0.15, -0.1) is 0 Å². The third-order valence-electron chi connectivity index (χ3n) is 6.42. The number of carbonyl (C=O) groups excluding carboxylic acids is 1. The van der Waals surface area contributed by atoms with E-state index in [4.69, 9.17) is 53.1 Å². The Balaban J connectivity index is 1.27. The Morgan fingerprint density at radius 3 is 1.44 bits per heavy atom. The molecule has 1 amide bonds. The molecule has 282 valence electrons. The minimum atomic E-state index is -0.314. The van der Waals surface area contributed by atoms with E-state index in [2.05, 4.69) is 5.32 Å². The molecule has 4 N–H and O–H groups in total. The van der Waals surface area contributed by atoms with Crippen LogP contribution in [-0.4, -0.2) is 150 Å². The van der Waals surface area contributed by atoms with Crippen LogP contribution >= 0.6 is 0 Å². The number of phenolic OH excluding ortho intramolecular Hbond substituents is 1. The summed E-state index contributed by atoms with van der Waals surface area (Å²) >= 11 is 0. The first-order chi connectivity index (χ1) is 24.7. The van der Waals surface area contributed by atoms with Gasteiger partial charge in [0.15, 0.2) is 18.1 Å². The zero-order chi connectivity index (χ0) is 35.6. The maximum absolute atomic E-state index is 12.1. The average molecular weight is 709 g/mol. The number of nitrogens with one attached hydrogen (secondary N) is 1. The Kier molecular flexibility index (Phi) is 27.4. The Morgan fingerprint density at radius 1 is 0.560 bits per heavy atom. The molecule has 14 heteroatoms. The highest BCUT2D eigenvalue weighted by molar-refractivity contribution is 5.77. The van der Waals surface area contributed by atoms with Gasteiger partial charge in [0.05, 0.1) is 119 Å². The molecule has 0 aliphatic carbocycles. The molecule has 0 saturated heterocycles. The van der Waals surface area contributed by atoms with E-state index in [1.807, 2.05) is 42.5 Å². The van der Waals surface area contributed by atoms with Gasteiger partial charge in [-0.3, -0.25) is 4.79 Å². The molecular weight excluding hydrogens is 652 g/mol. The minimum Gasteiger partial charge on any atom is -0.504 e. The van der Waals surface area contributed by atoms with E-state index in [1.54, 1.807) is 12.1 Å². The minimum absolute atomic E-state index is 0.0326. The van der Waals surface area contributed by atoms with Crippen molar-refractivity contribution < 1.29 is 57.3 Å². The van der Waals surface area contributed by atoms with E-state index >= 15 is 0 Å². The van der Waals surface area contributed by atoms with Crippen molar-refractivity contribution in [2.75, 3.05) is 139 Å². The number of benzene rings is 2. The zero-order valence-corrected chi connectivity index (χ0v) is 29.1. The van der Waals surface area contributed by atoms with Crippen molar-refractivity contribution in [3.8, 4) is 11.5 Å². The van der Waals surface area contributed by atoms with Crippen molar-refractivity contribution in [2.45, 2.75) is 0 Å². The third kappa shape index (κ3) is 24.9. The number of nitrogens with two attached hydrogens (primary N) is 1. The molecule has 0 fully saturated rings. The van der Waals surface area contributed by atoms with Crippen LogP contribution < -0.4 is 15.8 Å². The third-order valence-corrected chi connectivity index (χ3v) is 6.42. The van der Waals surface area contributed by atoms with Crippen molar-refractivity contribution in [3.63, 3.8) is 0 Å². The first-order valence-electron chi connectivity index (χ1n) is 17.0. The van der Waals surface area contributed by atoms with Gasteiger partial charge in [0.2, 0.25) is 0 Å². The smallest absolute Gasteiger partial charge is 0.258 e. The maximum Gasteiger partial charge on any atom is 0.258 e. The van der Waals surface area contributed by atoms with E-state index in [-0.39, 0.29) is 24.0 Å². The standard InChI is InChI=1S/C36H56N2O12/c37-10-12-41-14-16-43-18-20-45-22-24-47-26-28-49-29-27-48-25-23-46-21-19-44-17-15-42-13-11-38-36(40)31-50-35-30-33(8-9-34(35)39)7-6-32-4-2-1-3-5-32/h1-9,30,39H,10-29,31,37H2,(H,38,40)/b7-6+. The summed E-state index contributed by atoms with van der Waals surface area (Å²) in [5.41, 5.74) is 7.23. The number of rotatable bonds is 34. The monoisotopic (exact) mass is 708 g/mol. The summed E-state index contributed by atoms with van der Waals surface area (Å²) in [6.07, 6.45) is 3.87. The van der Waals surface area contributed by atoms with Gasteiger partial charge in [-0.05, 0) is 23.3 Å². The fourth-order valence-electron chi connectivity index (χ4n) is 3.91. The van der Waals surface area contributed by atoms with Gasteiger partial charge in [-0.2, -0.15) is 0 Å². The predicted molar refractivity (Wildman–Crippen MR) is 188 cm³/mol. The van der Waals surface area contributed by atoms with E-state index in [1.165, 1.54) is 6.07 Å². The summed E-state index contributed by atoms with van der Waals surface area (Å²) in [6, 6.07) is 14.9. The molecule has 0 saturated carbocycles. The molecule has 14 nitrogen and oxygen atoms in total. The van der Waals surface area contributed by atoms with Gasteiger partial charge in [-0.25, -0.2) is 0 Å². The van der Waals surface area contributed by atoms with Crippen LogP contribution in [0, 0.1) is 0 Å². The summed E-state index contributed by atoms with van der Waals surface area (Å²) < 4.78 is 54.3. The summed E-state index contributed by atoms with van der Waals surface area (Å²) in [7, 11) is 0. The van der Waals surface area contributed by atoms with Gasteiger partial charge in [-0.1, -0.05) is 48.6 Å². The average Bonchev–Trinajstić information content (AvgIpc) is 3.13. The van der Waals surface area contributed by atoms with Crippen molar-refractivity contribution in [1.82, 2.24) is 5.32 Å². The second-order valence-electron chi connectivity index (χ2n) is 10.4.